The molecular weight excluding hydrogens is 252 g/mol. The fraction of sp³-hybridized carbons (Fsp3) is 0.111. The number of thiophene rings is 1. The number of hydrogen-bond donors (Lipinski definition) is 1. The van der Waals surface area contributed by atoms with E-state index in [0.29, 0.717) is 16.4 Å². The normalized spacial score (nSPS) is 10.2. The molecule has 0 spiro atoms. The highest BCUT2D eigenvalue weighted by atomic mass is 35.5. The number of hydrogen-bond acceptors (Lipinski definition) is 4. The monoisotopic (exact) mass is 258 g/mol. The number of nitrogens with zero attached hydrogens (tertiary/aromatic N) is 1. The molecule has 78 valence electrons. The quantitative estimate of drug-likeness (QED) is 0.920. The number of aromatic nitrogens is 1. The van der Waals surface area contributed by atoms with Gasteiger partial charge in [-0.2, -0.15) is 0 Å². The Kier molecular flexibility index (Phi) is 3.35. The largest absolute Gasteiger partial charge is 0.345 e. The van der Waals surface area contributed by atoms with E-state index in [0.717, 1.165) is 5.01 Å². The first kappa shape index (κ1) is 10.6. The summed E-state index contributed by atoms with van der Waals surface area (Å²) in [5, 5.41) is 7.81. The molecule has 0 radical (unpaired) electrons. The summed E-state index contributed by atoms with van der Waals surface area (Å²) in [6, 6.07) is 1.71. The third-order valence-electron chi connectivity index (χ3n) is 1.71. The maximum absolute atomic E-state index is 11.6. The number of carbonyl (C=O) groups is 1. The van der Waals surface area contributed by atoms with Crippen LogP contribution in [0.4, 0.5) is 0 Å². The fourth-order valence-electron chi connectivity index (χ4n) is 1.03. The summed E-state index contributed by atoms with van der Waals surface area (Å²) in [5.74, 6) is -0.148. The molecule has 0 saturated heterocycles. The van der Waals surface area contributed by atoms with Crippen molar-refractivity contribution < 1.29 is 4.79 Å². The van der Waals surface area contributed by atoms with Crippen LogP contribution in [0, 0.1) is 0 Å². The Morgan fingerprint density at radius 1 is 1.47 bits per heavy atom. The van der Waals surface area contributed by atoms with E-state index in [-0.39, 0.29) is 5.91 Å². The molecular formula is C9H7ClN2OS2. The Morgan fingerprint density at radius 3 is 2.93 bits per heavy atom. The molecule has 0 saturated carbocycles. The lowest BCUT2D eigenvalue weighted by atomic mass is 10.4. The Hall–Kier alpha value is -0.910. The number of carbonyl (C=O) groups excluding carboxylic acids is 1. The van der Waals surface area contributed by atoms with E-state index < -0.39 is 0 Å². The SMILES string of the molecule is O=C(NCc1nccs1)c1sccc1Cl. The summed E-state index contributed by atoms with van der Waals surface area (Å²) < 4.78 is 0. The van der Waals surface area contributed by atoms with Crippen molar-refractivity contribution in [2.45, 2.75) is 6.54 Å². The van der Waals surface area contributed by atoms with Crippen molar-refractivity contribution in [3.63, 3.8) is 0 Å². The number of rotatable bonds is 3. The van der Waals surface area contributed by atoms with Gasteiger partial charge in [0.05, 0.1) is 11.6 Å². The predicted octanol–water partition coefficient (Wildman–Crippen LogP) is 2.79. The fourth-order valence-corrected chi connectivity index (χ4v) is 2.65. The molecule has 1 N–H and O–H groups in total. The summed E-state index contributed by atoms with van der Waals surface area (Å²) in [7, 11) is 0. The van der Waals surface area contributed by atoms with Crippen LogP contribution in [0.25, 0.3) is 0 Å². The summed E-state index contributed by atoms with van der Waals surface area (Å²) in [6.45, 7) is 0.449. The molecule has 0 aliphatic carbocycles. The van der Waals surface area contributed by atoms with Crippen molar-refractivity contribution in [3.8, 4) is 0 Å². The zero-order valence-electron chi connectivity index (χ0n) is 7.57. The predicted molar refractivity (Wildman–Crippen MR) is 62.6 cm³/mol. The third-order valence-corrected chi connectivity index (χ3v) is 3.83. The van der Waals surface area contributed by atoms with E-state index in [1.165, 1.54) is 22.7 Å². The third kappa shape index (κ3) is 2.56. The van der Waals surface area contributed by atoms with Crippen molar-refractivity contribution in [2.24, 2.45) is 0 Å². The molecule has 0 unspecified atom stereocenters. The highest BCUT2D eigenvalue weighted by molar-refractivity contribution is 7.12. The van der Waals surface area contributed by atoms with Gasteiger partial charge in [0.1, 0.15) is 9.88 Å². The van der Waals surface area contributed by atoms with Gasteiger partial charge < -0.3 is 5.32 Å². The molecule has 0 aliphatic heterocycles. The minimum Gasteiger partial charge on any atom is -0.345 e. The zero-order chi connectivity index (χ0) is 10.7. The molecule has 6 heteroatoms. The topological polar surface area (TPSA) is 42.0 Å². The van der Waals surface area contributed by atoms with Crippen molar-refractivity contribution >= 4 is 40.2 Å². The smallest absolute Gasteiger partial charge is 0.263 e. The van der Waals surface area contributed by atoms with E-state index in [9.17, 15) is 4.79 Å². The molecule has 0 atom stereocenters. The molecule has 2 heterocycles. The lowest BCUT2D eigenvalue weighted by molar-refractivity contribution is 0.0955. The van der Waals surface area contributed by atoms with Crippen LogP contribution in [-0.4, -0.2) is 10.9 Å². The highest BCUT2D eigenvalue weighted by Gasteiger charge is 2.11. The molecule has 0 aromatic carbocycles. The molecule has 3 nitrogen and oxygen atoms in total. The summed E-state index contributed by atoms with van der Waals surface area (Å²) >= 11 is 8.68. The Bertz CT molecular complexity index is 452. The van der Waals surface area contributed by atoms with Gasteiger partial charge in [0, 0.05) is 11.6 Å². The molecule has 2 aromatic heterocycles. The second-order valence-corrected chi connectivity index (χ2v) is 5.01. The van der Waals surface area contributed by atoms with Crippen LogP contribution in [0.2, 0.25) is 5.02 Å². The van der Waals surface area contributed by atoms with E-state index in [4.69, 9.17) is 11.6 Å². The maximum Gasteiger partial charge on any atom is 0.263 e. The first-order valence-electron chi connectivity index (χ1n) is 4.17. The van der Waals surface area contributed by atoms with Gasteiger partial charge in [-0.3, -0.25) is 4.79 Å². The number of thiazole rings is 1. The van der Waals surface area contributed by atoms with Crippen LogP contribution >= 0.6 is 34.3 Å². The zero-order valence-corrected chi connectivity index (χ0v) is 9.96. The van der Waals surface area contributed by atoms with Crippen molar-refractivity contribution in [3.05, 3.63) is 37.9 Å². The number of nitrogens with one attached hydrogen (secondary N) is 1. The van der Waals surface area contributed by atoms with Gasteiger partial charge in [0.15, 0.2) is 0 Å². The van der Waals surface area contributed by atoms with Crippen molar-refractivity contribution in [1.82, 2.24) is 10.3 Å². The van der Waals surface area contributed by atoms with Crippen LogP contribution in [0.3, 0.4) is 0 Å². The van der Waals surface area contributed by atoms with E-state index in [2.05, 4.69) is 10.3 Å². The minimum atomic E-state index is -0.148. The average Bonchev–Trinajstić information content (AvgIpc) is 2.84. The minimum absolute atomic E-state index is 0.148. The Balaban J connectivity index is 1.96. The standard InChI is InChI=1S/C9H7ClN2OS2/c10-6-1-3-15-8(6)9(13)12-5-7-11-2-4-14-7/h1-4H,5H2,(H,12,13). The molecule has 0 bridgehead atoms. The van der Waals surface area contributed by atoms with Crippen LogP contribution in [0.5, 0.6) is 0 Å². The number of amides is 1. The van der Waals surface area contributed by atoms with Gasteiger partial charge in [0.25, 0.3) is 5.91 Å². The van der Waals surface area contributed by atoms with Crippen LogP contribution in [-0.2, 0) is 6.54 Å². The summed E-state index contributed by atoms with van der Waals surface area (Å²) in [5.41, 5.74) is 0. The van der Waals surface area contributed by atoms with Crippen LogP contribution < -0.4 is 5.32 Å². The lowest BCUT2D eigenvalue weighted by Crippen LogP contribution is -2.21. The number of halogens is 1. The highest BCUT2D eigenvalue weighted by Crippen LogP contribution is 2.21. The van der Waals surface area contributed by atoms with Crippen molar-refractivity contribution in [2.75, 3.05) is 0 Å². The van der Waals surface area contributed by atoms with E-state index >= 15 is 0 Å². The molecule has 15 heavy (non-hydrogen) atoms. The summed E-state index contributed by atoms with van der Waals surface area (Å²) in [6.07, 6.45) is 1.71. The maximum atomic E-state index is 11.6. The summed E-state index contributed by atoms with van der Waals surface area (Å²) in [4.78, 5) is 16.2. The molecule has 1 amide bonds. The Morgan fingerprint density at radius 2 is 2.33 bits per heavy atom. The first-order chi connectivity index (χ1) is 7.27. The van der Waals surface area contributed by atoms with E-state index in [1.54, 1.807) is 17.6 Å². The second kappa shape index (κ2) is 4.74. The Labute approximate surface area is 99.7 Å². The van der Waals surface area contributed by atoms with Crippen molar-refractivity contribution in [1.29, 1.82) is 0 Å². The first-order valence-corrected chi connectivity index (χ1v) is 6.30. The molecule has 2 rings (SSSR count). The lowest BCUT2D eigenvalue weighted by Gasteiger charge is -2.00. The van der Waals surface area contributed by atoms with Gasteiger partial charge in [-0.1, -0.05) is 11.6 Å². The average molecular weight is 259 g/mol. The van der Waals surface area contributed by atoms with Gasteiger partial charge >= 0.3 is 0 Å². The second-order valence-electron chi connectivity index (χ2n) is 2.71. The van der Waals surface area contributed by atoms with Gasteiger partial charge in [-0.15, -0.1) is 22.7 Å². The van der Waals surface area contributed by atoms with Gasteiger partial charge in [0.2, 0.25) is 0 Å². The molecule has 0 aliphatic rings. The van der Waals surface area contributed by atoms with Crippen LogP contribution in [0.1, 0.15) is 14.7 Å². The molecule has 2 aromatic rings. The van der Waals surface area contributed by atoms with Gasteiger partial charge in [-0.05, 0) is 11.4 Å². The van der Waals surface area contributed by atoms with E-state index in [1.807, 2.05) is 5.38 Å². The van der Waals surface area contributed by atoms with Gasteiger partial charge in [-0.25, -0.2) is 4.98 Å². The van der Waals surface area contributed by atoms with Crippen LogP contribution in [0.15, 0.2) is 23.0 Å². The molecule has 0 fully saturated rings.